The number of rotatable bonds is 7. The molecule has 0 saturated heterocycles. The number of ether oxygens (including phenoxy) is 3. The Bertz CT molecular complexity index is 1050. The first-order valence-corrected chi connectivity index (χ1v) is 10.7. The second-order valence-electron chi connectivity index (χ2n) is 7.38. The molecule has 2 heterocycles. The molecule has 4 rings (SSSR count). The van der Waals surface area contributed by atoms with Crippen LogP contribution in [0.1, 0.15) is 40.5 Å². The molecular weight excluding hydrogens is 400 g/mol. The maximum absolute atomic E-state index is 13.1. The highest BCUT2D eigenvalue weighted by Crippen LogP contribution is 2.33. The lowest BCUT2D eigenvalue weighted by atomic mass is 10.1. The SMILES string of the molecule is Cc1ccccc1OCc1nc(CN(C(=O)c2ccc3c(c2)OCO3)C(C)C)cs1. The number of benzene rings is 2. The summed E-state index contributed by atoms with van der Waals surface area (Å²) in [5.74, 6) is 2.07. The largest absolute Gasteiger partial charge is 0.486 e. The third-order valence-electron chi connectivity index (χ3n) is 4.88. The number of amides is 1. The van der Waals surface area contributed by atoms with Crippen molar-refractivity contribution < 1.29 is 19.0 Å². The van der Waals surface area contributed by atoms with Gasteiger partial charge in [-0.2, -0.15) is 0 Å². The van der Waals surface area contributed by atoms with E-state index in [-0.39, 0.29) is 18.7 Å². The van der Waals surface area contributed by atoms with Crippen molar-refractivity contribution in [2.45, 2.75) is 40.0 Å². The van der Waals surface area contributed by atoms with Crippen molar-refractivity contribution in [3.63, 3.8) is 0 Å². The summed E-state index contributed by atoms with van der Waals surface area (Å²) in [4.78, 5) is 19.6. The van der Waals surface area contributed by atoms with Crippen LogP contribution in [0.5, 0.6) is 17.2 Å². The summed E-state index contributed by atoms with van der Waals surface area (Å²) in [5, 5.41) is 2.87. The topological polar surface area (TPSA) is 60.9 Å². The van der Waals surface area contributed by atoms with Crippen LogP contribution >= 0.6 is 11.3 Å². The highest BCUT2D eigenvalue weighted by atomic mass is 32.1. The summed E-state index contributed by atoms with van der Waals surface area (Å²) in [7, 11) is 0. The van der Waals surface area contributed by atoms with Crippen LogP contribution in [0, 0.1) is 6.92 Å². The number of aryl methyl sites for hydroxylation is 1. The van der Waals surface area contributed by atoms with E-state index in [1.54, 1.807) is 34.4 Å². The predicted molar refractivity (Wildman–Crippen MR) is 115 cm³/mol. The van der Waals surface area contributed by atoms with E-state index in [2.05, 4.69) is 4.98 Å². The summed E-state index contributed by atoms with van der Waals surface area (Å²) < 4.78 is 16.6. The minimum Gasteiger partial charge on any atom is -0.486 e. The van der Waals surface area contributed by atoms with Crippen molar-refractivity contribution in [3.05, 3.63) is 69.7 Å². The minimum absolute atomic E-state index is 0.0243. The summed E-state index contributed by atoms with van der Waals surface area (Å²) in [6.07, 6.45) is 0. The van der Waals surface area contributed by atoms with E-state index in [0.717, 1.165) is 22.0 Å². The number of fused-ring (bicyclic) bond motifs is 1. The number of hydrogen-bond acceptors (Lipinski definition) is 6. The lowest BCUT2D eigenvalue weighted by molar-refractivity contribution is 0.0687. The maximum atomic E-state index is 13.1. The van der Waals surface area contributed by atoms with Gasteiger partial charge in [0.05, 0.1) is 12.2 Å². The van der Waals surface area contributed by atoms with E-state index in [9.17, 15) is 4.79 Å². The minimum atomic E-state index is -0.0611. The first-order chi connectivity index (χ1) is 14.5. The number of para-hydroxylation sites is 1. The van der Waals surface area contributed by atoms with Crippen LogP contribution < -0.4 is 14.2 Å². The lowest BCUT2D eigenvalue weighted by Gasteiger charge is -2.26. The van der Waals surface area contributed by atoms with E-state index in [1.807, 2.05) is 50.4 Å². The van der Waals surface area contributed by atoms with Gasteiger partial charge in [0.25, 0.3) is 5.91 Å². The predicted octanol–water partition coefficient (Wildman–Crippen LogP) is 4.81. The number of aromatic nitrogens is 1. The number of carbonyl (C=O) groups excluding carboxylic acids is 1. The molecule has 30 heavy (non-hydrogen) atoms. The Kier molecular flexibility index (Phi) is 5.90. The van der Waals surface area contributed by atoms with Crippen molar-refractivity contribution >= 4 is 17.2 Å². The van der Waals surface area contributed by atoms with Gasteiger partial charge >= 0.3 is 0 Å². The van der Waals surface area contributed by atoms with Gasteiger partial charge in [-0.25, -0.2) is 4.98 Å². The number of thiazole rings is 1. The first-order valence-electron chi connectivity index (χ1n) is 9.83. The monoisotopic (exact) mass is 424 g/mol. The molecule has 156 valence electrons. The van der Waals surface area contributed by atoms with E-state index >= 15 is 0 Å². The van der Waals surface area contributed by atoms with E-state index in [1.165, 1.54) is 0 Å². The van der Waals surface area contributed by atoms with E-state index < -0.39 is 0 Å². The Labute approximate surface area is 180 Å². The summed E-state index contributed by atoms with van der Waals surface area (Å²) in [5.41, 5.74) is 2.52. The highest BCUT2D eigenvalue weighted by molar-refractivity contribution is 7.09. The smallest absolute Gasteiger partial charge is 0.254 e. The molecule has 0 fully saturated rings. The molecule has 7 heteroatoms. The van der Waals surface area contributed by atoms with Crippen LogP contribution in [0.3, 0.4) is 0 Å². The van der Waals surface area contributed by atoms with Gasteiger partial charge in [0.15, 0.2) is 11.5 Å². The van der Waals surface area contributed by atoms with Crippen LogP contribution in [0.4, 0.5) is 0 Å². The molecule has 3 aromatic rings. The molecule has 2 aromatic carbocycles. The molecular formula is C23H24N2O4S. The van der Waals surface area contributed by atoms with Crippen molar-refractivity contribution in [1.82, 2.24) is 9.88 Å². The van der Waals surface area contributed by atoms with Crippen LogP contribution in [-0.2, 0) is 13.2 Å². The Morgan fingerprint density at radius 2 is 2.00 bits per heavy atom. The number of hydrogen-bond donors (Lipinski definition) is 0. The van der Waals surface area contributed by atoms with Gasteiger partial charge in [-0.1, -0.05) is 18.2 Å². The van der Waals surface area contributed by atoms with Gasteiger partial charge in [0.1, 0.15) is 17.4 Å². The Hall–Kier alpha value is -3.06. The first kappa shape index (κ1) is 20.2. The Morgan fingerprint density at radius 3 is 2.80 bits per heavy atom. The van der Waals surface area contributed by atoms with Gasteiger partial charge in [-0.15, -0.1) is 11.3 Å². The van der Waals surface area contributed by atoms with Crippen molar-refractivity contribution in [2.24, 2.45) is 0 Å². The molecule has 0 atom stereocenters. The van der Waals surface area contributed by atoms with Crippen molar-refractivity contribution in [1.29, 1.82) is 0 Å². The lowest BCUT2D eigenvalue weighted by Crippen LogP contribution is -2.36. The fraction of sp³-hybridized carbons (Fsp3) is 0.304. The van der Waals surface area contributed by atoms with Crippen LogP contribution in [0.25, 0.3) is 0 Å². The van der Waals surface area contributed by atoms with Gasteiger partial charge in [-0.05, 0) is 50.6 Å². The standard InChI is InChI=1S/C23H24N2O4S/c1-15(2)25(23(26)17-8-9-20-21(10-17)29-14-28-20)11-18-13-30-22(24-18)12-27-19-7-5-4-6-16(19)3/h4-10,13,15H,11-12,14H2,1-3H3. The molecule has 0 radical (unpaired) electrons. The van der Waals surface area contributed by atoms with Gasteiger partial charge in [0, 0.05) is 17.0 Å². The third-order valence-corrected chi connectivity index (χ3v) is 5.75. The normalized spacial score (nSPS) is 12.3. The molecule has 1 aliphatic rings. The molecule has 0 spiro atoms. The highest BCUT2D eigenvalue weighted by Gasteiger charge is 2.23. The second kappa shape index (κ2) is 8.75. The molecule has 0 bridgehead atoms. The Morgan fingerprint density at radius 1 is 1.20 bits per heavy atom. The molecule has 0 aliphatic carbocycles. The maximum Gasteiger partial charge on any atom is 0.254 e. The van der Waals surface area contributed by atoms with Crippen LogP contribution in [0.2, 0.25) is 0 Å². The zero-order valence-electron chi connectivity index (χ0n) is 17.3. The summed E-state index contributed by atoms with van der Waals surface area (Å²) in [6, 6.07) is 13.2. The average Bonchev–Trinajstić information content (AvgIpc) is 3.39. The molecule has 1 aliphatic heterocycles. The summed E-state index contributed by atoms with van der Waals surface area (Å²) in [6.45, 7) is 7.05. The second-order valence-corrected chi connectivity index (χ2v) is 8.32. The fourth-order valence-corrected chi connectivity index (χ4v) is 3.90. The average molecular weight is 425 g/mol. The number of carbonyl (C=O) groups is 1. The van der Waals surface area contributed by atoms with Crippen molar-refractivity contribution in [2.75, 3.05) is 6.79 Å². The molecule has 0 N–H and O–H groups in total. The van der Waals surface area contributed by atoms with Gasteiger partial charge in [0.2, 0.25) is 6.79 Å². The van der Waals surface area contributed by atoms with Gasteiger partial charge < -0.3 is 19.1 Å². The van der Waals surface area contributed by atoms with E-state index in [4.69, 9.17) is 14.2 Å². The third kappa shape index (κ3) is 4.41. The Balaban J connectivity index is 1.43. The summed E-state index contributed by atoms with van der Waals surface area (Å²) >= 11 is 1.54. The molecule has 1 aromatic heterocycles. The molecule has 0 unspecified atom stereocenters. The van der Waals surface area contributed by atoms with Crippen LogP contribution in [-0.4, -0.2) is 28.6 Å². The quantitative estimate of drug-likeness (QED) is 0.545. The fourth-order valence-electron chi connectivity index (χ4n) is 3.20. The molecule has 0 saturated carbocycles. The van der Waals surface area contributed by atoms with Crippen molar-refractivity contribution in [3.8, 4) is 17.2 Å². The number of nitrogens with zero attached hydrogens (tertiary/aromatic N) is 2. The molecule has 1 amide bonds. The zero-order chi connectivity index (χ0) is 21.1. The zero-order valence-corrected chi connectivity index (χ0v) is 18.1. The van der Waals surface area contributed by atoms with E-state index in [0.29, 0.717) is 30.2 Å². The van der Waals surface area contributed by atoms with Gasteiger partial charge in [-0.3, -0.25) is 4.79 Å². The molecule has 6 nitrogen and oxygen atoms in total. The van der Waals surface area contributed by atoms with Crippen LogP contribution in [0.15, 0.2) is 47.8 Å².